The van der Waals surface area contributed by atoms with Crippen LogP contribution in [-0.4, -0.2) is 86.3 Å². The number of hydrogen-bond donors (Lipinski definition) is 1. The molecule has 4 amide bonds. The van der Waals surface area contributed by atoms with Gasteiger partial charge in [0.2, 0.25) is 15.9 Å². The summed E-state index contributed by atoms with van der Waals surface area (Å²) in [6.07, 6.45) is 0.735. The van der Waals surface area contributed by atoms with E-state index in [2.05, 4.69) is 5.32 Å². The molecule has 0 bridgehead atoms. The number of piperazine rings is 1. The lowest BCUT2D eigenvalue weighted by molar-refractivity contribution is -0.139. The molecular formula is C26H30N4O7S. The summed E-state index contributed by atoms with van der Waals surface area (Å²) in [5, 5.41) is 2.71. The first-order chi connectivity index (χ1) is 18.1. The number of imide groups is 1. The Balaban J connectivity index is 1.23. The summed E-state index contributed by atoms with van der Waals surface area (Å²) in [7, 11) is -3.68. The lowest BCUT2D eigenvalue weighted by Gasteiger charge is -2.34. The normalized spacial score (nSPS) is 22.3. The number of rotatable bonds is 5. The molecule has 0 radical (unpaired) electrons. The topological polar surface area (TPSA) is 126 Å². The number of hydrogen-bond acceptors (Lipinski definition) is 7. The first kappa shape index (κ1) is 26.0. The largest absolute Gasteiger partial charge is 0.490 e. The third-order valence-electron chi connectivity index (χ3n) is 7.14. The zero-order valence-corrected chi connectivity index (χ0v) is 22.1. The van der Waals surface area contributed by atoms with Crippen LogP contribution < -0.4 is 14.8 Å². The van der Waals surface area contributed by atoms with Gasteiger partial charge in [0.25, 0.3) is 5.91 Å². The second-order valence-corrected chi connectivity index (χ2v) is 11.7. The highest BCUT2D eigenvalue weighted by Gasteiger charge is 2.50. The number of aryl methyl sites for hydroxylation is 1. The Hall–Kier alpha value is -3.64. The minimum atomic E-state index is -3.68. The molecule has 3 aliphatic rings. The van der Waals surface area contributed by atoms with Gasteiger partial charge in [-0.05, 0) is 43.7 Å². The van der Waals surface area contributed by atoms with Crippen molar-refractivity contribution in [3.63, 3.8) is 0 Å². The summed E-state index contributed by atoms with van der Waals surface area (Å²) in [5.74, 6) is 0.0909. The zero-order chi connectivity index (χ0) is 27.1. The summed E-state index contributed by atoms with van der Waals surface area (Å²) >= 11 is 0. The van der Waals surface area contributed by atoms with Gasteiger partial charge in [-0.15, -0.1) is 0 Å². The van der Waals surface area contributed by atoms with Crippen LogP contribution in [0.25, 0.3) is 0 Å². The molecule has 3 aliphatic heterocycles. The van der Waals surface area contributed by atoms with E-state index in [9.17, 15) is 22.8 Å². The van der Waals surface area contributed by atoms with Crippen molar-refractivity contribution >= 4 is 27.9 Å². The molecule has 0 spiro atoms. The molecule has 38 heavy (non-hydrogen) atoms. The van der Waals surface area contributed by atoms with Crippen LogP contribution in [0, 0.1) is 6.92 Å². The summed E-state index contributed by atoms with van der Waals surface area (Å²) < 4.78 is 38.6. The minimum Gasteiger partial charge on any atom is -0.490 e. The molecule has 2 fully saturated rings. The SMILES string of the molecule is Cc1ccc(S(=O)(=O)N2CCN(C(=O)CN3C(=O)N[C@@](C)(c4ccc5c(c4)OCCCO5)C3=O)CC2)cc1. The fraction of sp³-hybridized carbons (Fsp3) is 0.423. The van der Waals surface area contributed by atoms with Crippen molar-refractivity contribution in [2.24, 2.45) is 0 Å². The molecule has 2 saturated heterocycles. The maximum atomic E-state index is 13.4. The van der Waals surface area contributed by atoms with E-state index >= 15 is 0 Å². The van der Waals surface area contributed by atoms with E-state index in [4.69, 9.17) is 9.47 Å². The van der Waals surface area contributed by atoms with E-state index in [1.807, 2.05) is 6.92 Å². The van der Waals surface area contributed by atoms with Gasteiger partial charge in [0.15, 0.2) is 11.5 Å². The van der Waals surface area contributed by atoms with E-state index in [0.29, 0.717) is 30.3 Å². The van der Waals surface area contributed by atoms with Crippen molar-refractivity contribution in [3.8, 4) is 11.5 Å². The number of carbonyl (C=O) groups is 3. The predicted molar refractivity (Wildman–Crippen MR) is 136 cm³/mol. The molecule has 0 unspecified atom stereocenters. The van der Waals surface area contributed by atoms with Crippen molar-refractivity contribution in [1.82, 2.24) is 19.4 Å². The minimum absolute atomic E-state index is 0.122. The number of sulfonamides is 1. The van der Waals surface area contributed by atoms with Gasteiger partial charge in [-0.1, -0.05) is 23.8 Å². The molecule has 11 nitrogen and oxygen atoms in total. The Kier molecular flexibility index (Phi) is 6.78. The number of carbonyl (C=O) groups excluding carboxylic acids is 3. The van der Waals surface area contributed by atoms with Gasteiger partial charge in [-0.25, -0.2) is 13.2 Å². The Bertz CT molecular complexity index is 1370. The van der Waals surface area contributed by atoms with E-state index in [0.717, 1.165) is 16.9 Å². The third-order valence-corrected chi connectivity index (χ3v) is 9.06. The van der Waals surface area contributed by atoms with Crippen LogP contribution in [0.5, 0.6) is 11.5 Å². The van der Waals surface area contributed by atoms with Gasteiger partial charge in [-0.3, -0.25) is 14.5 Å². The van der Waals surface area contributed by atoms with Crippen molar-refractivity contribution in [2.75, 3.05) is 45.9 Å². The van der Waals surface area contributed by atoms with Gasteiger partial charge in [0.1, 0.15) is 12.1 Å². The van der Waals surface area contributed by atoms with Gasteiger partial charge in [0.05, 0.1) is 18.1 Å². The first-order valence-electron chi connectivity index (χ1n) is 12.5. The van der Waals surface area contributed by atoms with Gasteiger partial charge in [-0.2, -0.15) is 4.31 Å². The maximum Gasteiger partial charge on any atom is 0.325 e. The van der Waals surface area contributed by atoms with Crippen LogP contribution in [0.2, 0.25) is 0 Å². The molecular weight excluding hydrogens is 512 g/mol. The molecule has 5 rings (SSSR count). The molecule has 0 aromatic heterocycles. The van der Waals surface area contributed by atoms with E-state index < -0.39 is 40.0 Å². The van der Waals surface area contributed by atoms with Crippen LogP contribution in [0.3, 0.4) is 0 Å². The number of nitrogens with zero attached hydrogens (tertiary/aromatic N) is 3. The standard InChI is InChI=1S/C26H30N4O7S/c1-18-4-7-20(8-5-18)38(34,35)29-12-10-28(11-13-29)23(31)17-30-24(32)26(2,27-25(30)33)19-6-9-21-22(16-19)37-15-3-14-36-21/h4-9,16H,3,10-15,17H2,1-2H3,(H,27,33)/t26-/m0/s1. The number of urea groups is 1. The molecule has 2 aromatic carbocycles. The molecule has 3 heterocycles. The average molecular weight is 543 g/mol. The van der Waals surface area contributed by atoms with Crippen molar-refractivity contribution in [1.29, 1.82) is 0 Å². The summed E-state index contributed by atoms with van der Waals surface area (Å²) in [5.41, 5.74) is 0.105. The summed E-state index contributed by atoms with van der Waals surface area (Å²) in [6.45, 7) is 4.61. The van der Waals surface area contributed by atoms with Gasteiger partial charge < -0.3 is 19.7 Å². The van der Waals surface area contributed by atoms with E-state index in [1.165, 1.54) is 9.21 Å². The summed E-state index contributed by atoms with van der Waals surface area (Å²) in [4.78, 5) is 41.8. The average Bonchev–Trinajstić information content (AvgIpc) is 3.06. The van der Waals surface area contributed by atoms with Crippen molar-refractivity contribution in [2.45, 2.75) is 30.7 Å². The molecule has 12 heteroatoms. The Morgan fingerprint density at radius 3 is 2.32 bits per heavy atom. The Morgan fingerprint density at radius 2 is 1.63 bits per heavy atom. The molecule has 0 aliphatic carbocycles. The van der Waals surface area contributed by atoms with Crippen LogP contribution >= 0.6 is 0 Å². The molecule has 202 valence electrons. The second kappa shape index (κ2) is 9.91. The number of fused-ring (bicyclic) bond motifs is 1. The first-order valence-corrected chi connectivity index (χ1v) is 13.9. The quantitative estimate of drug-likeness (QED) is 0.567. The summed E-state index contributed by atoms with van der Waals surface area (Å²) in [6, 6.07) is 11.0. The molecule has 0 saturated carbocycles. The molecule has 1 N–H and O–H groups in total. The Morgan fingerprint density at radius 1 is 0.974 bits per heavy atom. The highest BCUT2D eigenvalue weighted by Crippen LogP contribution is 2.36. The van der Waals surface area contributed by atoms with E-state index in [-0.39, 0.29) is 31.1 Å². The molecule has 1 atom stereocenters. The van der Waals surface area contributed by atoms with Gasteiger partial charge in [0, 0.05) is 32.6 Å². The van der Waals surface area contributed by atoms with Crippen LogP contribution in [-0.2, 0) is 25.2 Å². The lowest BCUT2D eigenvalue weighted by Crippen LogP contribution is -2.53. The van der Waals surface area contributed by atoms with Crippen LogP contribution in [0.4, 0.5) is 4.79 Å². The number of ether oxygens (including phenoxy) is 2. The number of amides is 4. The third kappa shape index (κ3) is 4.69. The second-order valence-electron chi connectivity index (χ2n) is 9.76. The Labute approximate surface area is 221 Å². The molecule has 2 aromatic rings. The van der Waals surface area contributed by atoms with Gasteiger partial charge >= 0.3 is 6.03 Å². The lowest BCUT2D eigenvalue weighted by atomic mass is 9.91. The van der Waals surface area contributed by atoms with Crippen LogP contribution in [0.1, 0.15) is 24.5 Å². The fourth-order valence-corrected chi connectivity index (χ4v) is 6.21. The number of nitrogens with one attached hydrogen (secondary N) is 1. The van der Waals surface area contributed by atoms with E-state index in [1.54, 1.807) is 49.4 Å². The maximum absolute atomic E-state index is 13.4. The van der Waals surface area contributed by atoms with Crippen molar-refractivity contribution in [3.05, 3.63) is 53.6 Å². The van der Waals surface area contributed by atoms with Crippen molar-refractivity contribution < 1.29 is 32.3 Å². The zero-order valence-electron chi connectivity index (χ0n) is 21.3. The highest BCUT2D eigenvalue weighted by atomic mass is 32.2. The predicted octanol–water partition coefficient (Wildman–Crippen LogP) is 1.46. The van der Waals surface area contributed by atoms with Crippen LogP contribution in [0.15, 0.2) is 47.4 Å². The fourth-order valence-electron chi connectivity index (χ4n) is 4.78. The monoisotopic (exact) mass is 542 g/mol. The highest BCUT2D eigenvalue weighted by molar-refractivity contribution is 7.89. The smallest absolute Gasteiger partial charge is 0.325 e. The number of benzene rings is 2.